The minimum absolute atomic E-state index is 0.0257. The number of carbonyl (C=O) groups excluding carboxylic acids is 2. The molecule has 3 aromatic rings. The Morgan fingerprint density at radius 2 is 1.54 bits per heavy atom. The molecule has 0 amide bonds. The van der Waals surface area contributed by atoms with E-state index in [1.807, 2.05) is 80.6 Å². The van der Waals surface area contributed by atoms with E-state index in [0.29, 0.717) is 36.1 Å². The minimum Gasteiger partial charge on any atom is -0.467 e. The average Bonchev–Trinajstić information content (AvgIpc) is 3.45. The Bertz CT molecular complexity index is 1700. The van der Waals surface area contributed by atoms with Gasteiger partial charge in [-0.25, -0.2) is 9.59 Å². The van der Waals surface area contributed by atoms with Crippen LogP contribution in [0.4, 0.5) is 0 Å². The average molecular weight is 761 g/mol. The number of esters is 2. The van der Waals surface area contributed by atoms with Crippen LogP contribution < -0.4 is 4.74 Å². The molecule has 1 heterocycles. The second-order valence-corrected chi connectivity index (χ2v) is 20.8. The second kappa shape index (κ2) is 18.7. The van der Waals surface area contributed by atoms with E-state index in [9.17, 15) is 9.59 Å². The maximum absolute atomic E-state index is 13.5. The predicted octanol–water partition coefficient (Wildman–Crippen LogP) is 9.79. The van der Waals surface area contributed by atoms with E-state index in [-0.39, 0.29) is 23.9 Å². The van der Waals surface area contributed by atoms with Gasteiger partial charge in [0.05, 0.1) is 18.8 Å². The quantitative estimate of drug-likeness (QED) is 0.0576. The molecule has 0 aromatic heterocycles. The van der Waals surface area contributed by atoms with Crippen molar-refractivity contribution in [3.8, 4) is 16.9 Å². The summed E-state index contributed by atoms with van der Waals surface area (Å²) in [6.45, 7) is 19.1. The summed E-state index contributed by atoms with van der Waals surface area (Å²) in [7, 11) is 0.883. The van der Waals surface area contributed by atoms with Crippen LogP contribution in [0.1, 0.15) is 87.6 Å². The van der Waals surface area contributed by atoms with Gasteiger partial charge in [0.2, 0.25) is 0 Å². The highest BCUT2D eigenvalue weighted by Gasteiger charge is 2.46. The molecule has 1 unspecified atom stereocenters. The summed E-state index contributed by atoms with van der Waals surface area (Å²) < 4.78 is 42.3. The highest BCUT2D eigenvalue weighted by molar-refractivity contribution is 6.74. The lowest BCUT2D eigenvalue weighted by molar-refractivity contribution is -0.153. The van der Waals surface area contributed by atoms with E-state index in [2.05, 4.69) is 53.8 Å². The van der Waals surface area contributed by atoms with Gasteiger partial charge in [0.1, 0.15) is 23.5 Å². The molecule has 3 aromatic carbocycles. The third-order valence-electron chi connectivity index (χ3n) is 10.4. The zero-order valence-electron chi connectivity index (χ0n) is 34.0. The maximum Gasteiger partial charge on any atom is 0.341 e. The summed E-state index contributed by atoms with van der Waals surface area (Å²) in [5.41, 5.74) is 3.48. The van der Waals surface area contributed by atoms with Crippen LogP contribution in [0.25, 0.3) is 11.1 Å². The molecule has 5 atom stereocenters. The molecule has 0 aliphatic carbocycles. The fourth-order valence-electron chi connectivity index (χ4n) is 6.27. The molecule has 0 bridgehead atoms. The van der Waals surface area contributed by atoms with Crippen LogP contribution in [0.2, 0.25) is 18.1 Å². The van der Waals surface area contributed by atoms with Crippen molar-refractivity contribution in [2.45, 2.75) is 116 Å². The largest absolute Gasteiger partial charge is 0.467 e. The van der Waals surface area contributed by atoms with Gasteiger partial charge in [-0.15, -0.1) is 0 Å². The SMILES string of the molecule is COCOc1cc(-c2ccccc2)cc(CCC[C@@H]2OC(C)(C)O[C@@H]2C(/C=C\[C@@H](C)[C@H](C)O[Si](C)(C)C(C)(C)C)OC(=O)c2ccccc2)c1C(=O)OC. The van der Waals surface area contributed by atoms with Gasteiger partial charge < -0.3 is 32.8 Å². The number of hydrogen-bond donors (Lipinski definition) is 0. The van der Waals surface area contributed by atoms with E-state index in [4.69, 9.17) is 32.8 Å². The van der Waals surface area contributed by atoms with Gasteiger partial charge in [0.15, 0.2) is 20.9 Å². The number of ether oxygens (including phenoxy) is 6. The number of hydrogen-bond acceptors (Lipinski definition) is 9. The van der Waals surface area contributed by atoms with Gasteiger partial charge in [0.25, 0.3) is 0 Å². The van der Waals surface area contributed by atoms with Crippen LogP contribution in [-0.2, 0) is 34.5 Å². The lowest BCUT2D eigenvalue weighted by atomic mass is 9.93. The first-order valence-corrected chi connectivity index (χ1v) is 21.8. The van der Waals surface area contributed by atoms with Crippen molar-refractivity contribution in [2.75, 3.05) is 21.0 Å². The number of carbonyl (C=O) groups is 2. The van der Waals surface area contributed by atoms with Gasteiger partial charge in [-0.3, -0.25) is 0 Å². The van der Waals surface area contributed by atoms with Crippen LogP contribution in [0.3, 0.4) is 0 Å². The first kappa shape index (κ1) is 42.9. The highest BCUT2D eigenvalue weighted by atomic mass is 28.4. The van der Waals surface area contributed by atoms with E-state index in [1.54, 1.807) is 12.1 Å². The van der Waals surface area contributed by atoms with Crippen molar-refractivity contribution in [3.63, 3.8) is 0 Å². The fourth-order valence-corrected chi connectivity index (χ4v) is 7.77. The lowest BCUT2D eigenvalue weighted by Gasteiger charge is -2.39. The van der Waals surface area contributed by atoms with Gasteiger partial charge in [-0.2, -0.15) is 0 Å². The van der Waals surface area contributed by atoms with Crippen molar-refractivity contribution in [1.29, 1.82) is 0 Å². The topological polar surface area (TPSA) is 98.8 Å². The third-order valence-corrected chi connectivity index (χ3v) is 15.0. The molecule has 1 aliphatic heterocycles. The zero-order valence-corrected chi connectivity index (χ0v) is 35.0. The van der Waals surface area contributed by atoms with Crippen molar-refractivity contribution < 1.29 is 42.4 Å². The molecule has 4 rings (SSSR count). The fraction of sp³-hybridized carbons (Fsp3) is 0.500. The molecule has 0 N–H and O–H groups in total. The first-order valence-electron chi connectivity index (χ1n) is 18.9. The smallest absolute Gasteiger partial charge is 0.341 e. The Balaban J connectivity index is 1.62. The van der Waals surface area contributed by atoms with Crippen LogP contribution >= 0.6 is 0 Å². The molecule has 54 heavy (non-hydrogen) atoms. The number of methoxy groups -OCH3 is 2. The molecule has 0 spiro atoms. The maximum atomic E-state index is 13.5. The number of benzene rings is 3. The molecule has 1 aliphatic rings. The van der Waals surface area contributed by atoms with Gasteiger partial charge in [-0.05, 0) is 105 Å². The molecule has 0 saturated carbocycles. The Morgan fingerprint density at radius 3 is 2.15 bits per heavy atom. The lowest BCUT2D eigenvalue weighted by Crippen LogP contribution is -2.44. The third kappa shape index (κ3) is 11.4. The van der Waals surface area contributed by atoms with E-state index in [1.165, 1.54) is 14.2 Å². The molecule has 1 fully saturated rings. The van der Waals surface area contributed by atoms with Crippen LogP contribution in [-0.4, -0.2) is 71.5 Å². The van der Waals surface area contributed by atoms with Crippen molar-refractivity contribution >= 4 is 20.3 Å². The first-order chi connectivity index (χ1) is 25.5. The second-order valence-electron chi connectivity index (χ2n) is 16.0. The molecule has 1 saturated heterocycles. The summed E-state index contributed by atoms with van der Waals surface area (Å²) in [6.07, 6.45) is 3.90. The summed E-state index contributed by atoms with van der Waals surface area (Å²) >= 11 is 0. The Hall–Kier alpha value is -3.80. The molecular formula is C44H60O9Si. The number of aryl methyl sites for hydroxylation is 1. The minimum atomic E-state index is -2.01. The van der Waals surface area contributed by atoms with Crippen molar-refractivity contribution in [1.82, 2.24) is 0 Å². The molecule has 294 valence electrons. The molecular weight excluding hydrogens is 701 g/mol. The Kier molecular flexibility index (Phi) is 14.9. The Labute approximate surface area is 323 Å². The van der Waals surface area contributed by atoms with Gasteiger partial charge >= 0.3 is 11.9 Å². The summed E-state index contributed by atoms with van der Waals surface area (Å²) in [5, 5.41) is 0.0747. The van der Waals surface area contributed by atoms with E-state index < -0.39 is 44.4 Å². The zero-order chi connectivity index (χ0) is 39.7. The summed E-state index contributed by atoms with van der Waals surface area (Å²) in [4.78, 5) is 26.7. The summed E-state index contributed by atoms with van der Waals surface area (Å²) in [5.74, 6) is -1.43. The van der Waals surface area contributed by atoms with Crippen LogP contribution in [0.5, 0.6) is 5.75 Å². The van der Waals surface area contributed by atoms with Gasteiger partial charge in [-0.1, -0.05) is 88.4 Å². The molecule has 0 radical (unpaired) electrons. The molecule has 9 nitrogen and oxygen atoms in total. The standard InChI is InChI=1S/C44H60O9Si/c1-30(31(2)53-54(10,11)43(3,4)5)25-26-36(50-41(45)33-21-16-13-17-22-33)40-37(51-44(6,7)52-40)24-18-23-34-27-35(32-19-14-12-15-20-32)28-38(49-29-47-8)39(34)42(46)48-9/h12-17,19-22,25-28,30-31,36-37,40H,18,23-24,29H2,1-11H3/b26-25-/t30-,31+,36?,37+,40-/m1/s1. The number of rotatable bonds is 17. The van der Waals surface area contributed by atoms with Crippen LogP contribution in [0, 0.1) is 5.92 Å². The normalized spacial score (nSPS) is 18.9. The molecule has 10 heteroatoms. The highest BCUT2D eigenvalue weighted by Crippen LogP contribution is 2.39. The van der Waals surface area contributed by atoms with Crippen molar-refractivity contribution in [3.05, 3.63) is 102 Å². The van der Waals surface area contributed by atoms with E-state index in [0.717, 1.165) is 16.7 Å². The van der Waals surface area contributed by atoms with Gasteiger partial charge in [0, 0.05) is 13.2 Å². The predicted molar refractivity (Wildman–Crippen MR) is 214 cm³/mol. The summed E-state index contributed by atoms with van der Waals surface area (Å²) in [6, 6.07) is 22.7. The Morgan fingerprint density at radius 1 is 0.889 bits per heavy atom. The monoisotopic (exact) mass is 760 g/mol. The van der Waals surface area contributed by atoms with E-state index >= 15 is 0 Å². The van der Waals surface area contributed by atoms with Crippen molar-refractivity contribution in [2.24, 2.45) is 5.92 Å². The van der Waals surface area contributed by atoms with Crippen LogP contribution in [0.15, 0.2) is 84.9 Å².